The molecule has 2 aliphatic heterocycles. The Kier molecular flexibility index (Phi) is 4.31. The molecule has 0 aliphatic carbocycles. The van der Waals surface area contributed by atoms with Gasteiger partial charge in [-0.3, -0.25) is 4.79 Å². The zero-order valence-electron chi connectivity index (χ0n) is 13.5. The number of nitrogens with zero attached hydrogens (tertiary/aromatic N) is 3. The molecule has 1 aromatic carbocycles. The van der Waals surface area contributed by atoms with Gasteiger partial charge in [-0.25, -0.2) is 4.39 Å². The monoisotopic (exact) mass is 356 g/mol. The third-order valence-corrected chi connectivity index (χ3v) is 5.31. The van der Waals surface area contributed by atoms with Crippen molar-refractivity contribution in [3.05, 3.63) is 59.0 Å². The number of carbonyl (C=O) groups is 1. The average Bonchev–Trinajstić information content (AvgIpc) is 3.26. The number of nitrogens with one attached hydrogen (secondary N) is 1. The van der Waals surface area contributed by atoms with Crippen LogP contribution >= 0.6 is 11.8 Å². The van der Waals surface area contributed by atoms with Crippen LogP contribution in [0.15, 0.2) is 52.5 Å². The van der Waals surface area contributed by atoms with Crippen LogP contribution < -0.4 is 4.90 Å². The standard InChI is InChI=1S/C18H17FN4OS/c19-14-5-1-2-6-15(14)22-8-10-23(11-9-22)18-21-17(24)16(25-18)12-13-4-3-7-20-13/h1-7,12,20H,8-11H2. The minimum Gasteiger partial charge on any atom is -0.366 e. The first-order valence-corrected chi connectivity index (χ1v) is 8.93. The summed E-state index contributed by atoms with van der Waals surface area (Å²) in [5.74, 6) is -0.402. The van der Waals surface area contributed by atoms with E-state index in [9.17, 15) is 9.18 Å². The second-order valence-electron chi connectivity index (χ2n) is 5.86. The highest BCUT2D eigenvalue weighted by Gasteiger charge is 2.29. The lowest BCUT2D eigenvalue weighted by atomic mass is 10.2. The predicted octanol–water partition coefficient (Wildman–Crippen LogP) is 2.95. The first kappa shape index (κ1) is 16.0. The fourth-order valence-corrected chi connectivity index (χ4v) is 3.91. The largest absolute Gasteiger partial charge is 0.366 e. The molecule has 0 spiro atoms. The lowest BCUT2D eigenvalue weighted by Crippen LogP contribution is -2.48. The molecular weight excluding hydrogens is 339 g/mol. The van der Waals surface area contributed by atoms with Crippen molar-refractivity contribution in [2.75, 3.05) is 31.1 Å². The molecule has 0 atom stereocenters. The Labute approximate surface area is 149 Å². The molecular formula is C18H17FN4OS. The first-order chi connectivity index (χ1) is 12.2. The topological polar surface area (TPSA) is 51.7 Å². The molecule has 0 unspecified atom stereocenters. The van der Waals surface area contributed by atoms with E-state index in [0.29, 0.717) is 36.8 Å². The SMILES string of the molecule is O=C1N=C(N2CCN(c3ccccc3F)CC2)SC1=Cc1ccc[nH]1. The summed E-state index contributed by atoms with van der Waals surface area (Å²) in [5, 5.41) is 0.732. The van der Waals surface area contributed by atoms with Crippen LogP contribution in [0.1, 0.15) is 5.69 Å². The second-order valence-corrected chi connectivity index (χ2v) is 6.87. The highest BCUT2D eigenvalue weighted by Crippen LogP contribution is 2.31. The van der Waals surface area contributed by atoms with E-state index in [-0.39, 0.29) is 11.7 Å². The lowest BCUT2D eigenvalue weighted by molar-refractivity contribution is -0.113. The highest BCUT2D eigenvalue weighted by molar-refractivity contribution is 8.18. The molecule has 1 saturated heterocycles. The molecule has 1 aromatic heterocycles. The van der Waals surface area contributed by atoms with Gasteiger partial charge in [-0.05, 0) is 42.1 Å². The number of amides is 1. The Bertz CT molecular complexity index is 839. The molecule has 0 saturated carbocycles. The van der Waals surface area contributed by atoms with Crippen LogP contribution in [0.25, 0.3) is 6.08 Å². The van der Waals surface area contributed by atoms with Gasteiger partial charge in [0.05, 0.1) is 10.6 Å². The molecule has 2 aliphatic rings. The van der Waals surface area contributed by atoms with Crippen molar-refractivity contribution in [1.29, 1.82) is 0 Å². The maximum atomic E-state index is 13.9. The number of aromatic amines is 1. The minimum atomic E-state index is -0.203. The summed E-state index contributed by atoms with van der Waals surface area (Å²) in [6.45, 7) is 2.82. The van der Waals surface area contributed by atoms with Crippen LogP contribution in [0.2, 0.25) is 0 Å². The number of aromatic nitrogens is 1. The molecule has 1 amide bonds. The number of rotatable bonds is 2. The molecule has 0 radical (unpaired) electrons. The summed E-state index contributed by atoms with van der Waals surface area (Å²) in [6, 6.07) is 10.6. The Hall–Kier alpha value is -2.54. The quantitative estimate of drug-likeness (QED) is 0.841. The van der Waals surface area contributed by atoms with Crippen LogP contribution in [0.5, 0.6) is 0 Å². The minimum absolute atomic E-state index is 0.199. The van der Waals surface area contributed by atoms with E-state index in [0.717, 1.165) is 10.9 Å². The van der Waals surface area contributed by atoms with E-state index in [1.54, 1.807) is 12.1 Å². The number of H-pyrrole nitrogens is 1. The van der Waals surface area contributed by atoms with Crippen molar-refractivity contribution < 1.29 is 9.18 Å². The van der Waals surface area contributed by atoms with E-state index >= 15 is 0 Å². The van der Waals surface area contributed by atoms with Gasteiger partial charge >= 0.3 is 0 Å². The Balaban J connectivity index is 1.41. The van der Waals surface area contributed by atoms with E-state index in [2.05, 4.69) is 14.9 Å². The van der Waals surface area contributed by atoms with E-state index in [1.807, 2.05) is 35.4 Å². The van der Waals surface area contributed by atoms with Crippen molar-refractivity contribution in [3.63, 3.8) is 0 Å². The summed E-state index contributed by atoms with van der Waals surface area (Å²) in [7, 11) is 0. The van der Waals surface area contributed by atoms with Crippen LogP contribution in [-0.4, -0.2) is 47.1 Å². The van der Waals surface area contributed by atoms with Gasteiger partial charge in [0, 0.05) is 38.1 Å². The number of anilines is 1. The number of hydrogen-bond acceptors (Lipinski definition) is 4. The molecule has 3 heterocycles. The maximum absolute atomic E-state index is 13.9. The van der Waals surface area contributed by atoms with Gasteiger partial charge in [0.15, 0.2) is 5.17 Å². The van der Waals surface area contributed by atoms with Crippen molar-refractivity contribution in [3.8, 4) is 0 Å². The predicted molar refractivity (Wildman–Crippen MR) is 99.0 cm³/mol. The average molecular weight is 356 g/mol. The van der Waals surface area contributed by atoms with Crippen molar-refractivity contribution in [2.24, 2.45) is 4.99 Å². The Morgan fingerprint density at radius 1 is 1.08 bits per heavy atom. The lowest BCUT2D eigenvalue weighted by Gasteiger charge is -2.36. The molecule has 4 rings (SSSR count). The van der Waals surface area contributed by atoms with Crippen molar-refractivity contribution in [2.45, 2.75) is 0 Å². The molecule has 2 aromatic rings. The zero-order chi connectivity index (χ0) is 17.2. The van der Waals surface area contributed by atoms with E-state index in [1.165, 1.54) is 17.8 Å². The molecule has 1 N–H and O–H groups in total. The normalized spacial score (nSPS) is 19.6. The smallest absolute Gasteiger partial charge is 0.286 e. The number of carbonyl (C=O) groups excluding carboxylic acids is 1. The molecule has 128 valence electrons. The molecule has 1 fully saturated rings. The first-order valence-electron chi connectivity index (χ1n) is 8.11. The third-order valence-electron chi connectivity index (χ3n) is 4.26. The van der Waals surface area contributed by atoms with Crippen LogP contribution in [0.3, 0.4) is 0 Å². The number of hydrogen-bond donors (Lipinski definition) is 1. The summed E-state index contributed by atoms with van der Waals surface area (Å²) >= 11 is 1.40. The highest BCUT2D eigenvalue weighted by atomic mass is 32.2. The van der Waals surface area contributed by atoms with Gasteiger partial charge in [0.2, 0.25) is 0 Å². The number of thioether (sulfide) groups is 1. The van der Waals surface area contributed by atoms with Gasteiger partial charge in [-0.15, -0.1) is 0 Å². The molecule has 25 heavy (non-hydrogen) atoms. The van der Waals surface area contributed by atoms with Gasteiger partial charge < -0.3 is 14.8 Å². The molecule has 0 bridgehead atoms. The zero-order valence-corrected chi connectivity index (χ0v) is 14.3. The van der Waals surface area contributed by atoms with Crippen LogP contribution in [0.4, 0.5) is 10.1 Å². The Morgan fingerprint density at radius 3 is 2.56 bits per heavy atom. The summed E-state index contributed by atoms with van der Waals surface area (Å²) in [5.41, 5.74) is 1.52. The van der Waals surface area contributed by atoms with Gasteiger partial charge in [-0.1, -0.05) is 12.1 Å². The number of amidine groups is 1. The second kappa shape index (κ2) is 6.76. The molecule has 5 nitrogen and oxygen atoms in total. The number of para-hydroxylation sites is 1. The van der Waals surface area contributed by atoms with E-state index in [4.69, 9.17) is 0 Å². The van der Waals surface area contributed by atoms with Gasteiger partial charge in [0.1, 0.15) is 5.82 Å². The van der Waals surface area contributed by atoms with Crippen LogP contribution in [0, 0.1) is 5.82 Å². The maximum Gasteiger partial charge on any atom is 0.286 e. The van der Waals surface area contributed by atoms with Gasteiger partial charge in [0.25, 0.3) is 5.91 Å². The fraction of sp³-hybridized carbons (Fsp3) is 0.222. The number of piperazine rings is 1. The Morgan fingerprint density at radius 2 is 1.84 bits per heavy atom. The number of aliphatic imine (C=N–C) groups is 1. The third kappa shape index (κ3) is 3.32. The van der Waals surface area contributed by atoms with Gasteiger partial charge in [-0.2, -0.15) is 4.99 Å². The van der Waals surface area contributed by atoms with E-state index < -0.39 is 0 Å². The fourth-order valence-electron chi connectivity index (χ4n) is 2.96. The van der Waals surface area contributed by atoms with Crippen LogP contribution in [-0.2, 0) is 4.79 Å². The van der Waals surface area contributed by atoms with Crippen molar-refractivity contribution in [1.82, 2.24) is 9.88 Å². The summed E-state index contributed by atoms with van der Waals surface area (Å²) in [6.07, 6.45) is 3.64. The van der Waals surface area contributed by atoms with Crippen molar-refractivity contribution >= 4 is 34.6 Å². The number of halogens is 1. The summed E-state index contributed by atoms with van der Waals surface area (Å²) in [4.78, 5) is 24.1. The number of benzene rings is 1. The molecule has 7 heteroatoms. The summed E-state index contributed by atoms with van der Waals surface area (Å²) < 4.78 is 13.9.